The number of hydrogen-bond acceptors (Lipinski definition) is 5. The summed E-state index contributed by atoms with van der Waals surface area (Å²) in [7, 11) is 0. The van der Waals surface area contributed by atoms with E-state index in [4.69, 9.17) is 5.21 Å². The Hall–Kier alpha value is -0.240. The summed E-state index contributed by atoms with van der Waals surface area (Å²) in [6, 6.07) is 0. The maximum absolute atomic E-state index is 10.7. The highest BCUT2D eigenvalue weighted by Gasteiger charge is 2.22. The van der Waals surface area contributed by atoms with Gasteiger partial charge in [-0.3, -0.25) is 0 Å². The molecule has 0 aromatic rings. The molecule has 0 aliphatic carbocycles. The van der Waals surface area contributed by atoms with Crippen LogP contribution >= 0.6 is 0 Å². The molecule has 0 radical (unpaired) electrons. The average molecular weight is 181 g/mol. The van der Waals surface area contributed by atoms with Crippen molar-refractivity contribution in [3.05, 3.63) is 5.21 Å². The van der Waals surface area contributed by atoms with E-state index in [1.807, 2.05) is 0 Å². The van der Waals surface area contributed by atoms with E-state index in [0.717, 1.165) is 0 Å². The van der Waals surface area contributed by atoms with Crippen molar-refractivity contribution in [2.24, 2.45) is 0 Å². The van der Waals surface area contributed by atoms with Crippen LogP contribution in [0.15, 0.2) is 0 Å². The summed E-state index contributed by atoms with van der Waals surface area (Å²) in [5.41, 5.74) is 0. The van der Waals surface area contributed by atoms with Crippen molar-refractivity contribution in [3.8, 4) is 0 Å². The van der Waals surface area contributed by atoms with E-state index in [9.17, 15) is 5.21 Å². The summed E-state index contributed by atoms with van der Waals surface area (Å²) in [4.78, 5) is 12.8. The van der Waals surface area contributed by atoms with Gasteiger partial charge in [-0.15, -0.1) is 10.0 Å². The molecule has 1 atom stereocenters. The normalized spacial score (nSPS) is 17.0. The lowest BCUT2D eigenvalue weighted by molar-refractivity contribution is -1.37. The van der Waals surface area contributed by atoms with Crippen molar-refractivity contribution in [2.45, 2.75) is 39.9 Å². The van der Waals surface area contributed by atoms with Gasteiger partial charge in [-0.1, -0.05) is 0 Å². The minimum atomic E-state index is -2.30. The molecule has 6 heteroatoms. The number of hydrogen-bond donors (Lipinski definition) is 1. The SMILES string of the molecule is CC(C)OO[N+]([O-])(O)OC(C)C. The third-order valence-electron chi connectivity index (χ3n) is 0.674. The van der Waals surface area contributed by atoms with Gasteiger partial charge in [0.25, 0.3) is 0 Å². The minimum absolute atomic E-state index is 0.320. The molecular weight excluding hydrogens is 166 g/mol. The molecule has 12 heavy (non-hydrogen) atoms. The highest BCUT2D eigenvalue weighted by atomic mass is 17.5. The van der Waals surface area contributed by atoms with Gasteiger partial charge in [0.05, 0.1) is 6.10 Å². The van der Waals surface area contributed by atoms with Crippen molar-refractivity contribution in [1.29, 1.82) is 0 Å². The van der Waals surface area contributed by atoms with Crippen molar-refractivity contribution < 1.29 is 25.1 Å². The molecule has 0 aromatic heterocycles. The first-order chi connectivity index (χ1) is 5.33. The summed E-state index contributed by atoms with van der Waals surface area (Å²) in [5.74, 6) is 0. The first kappa shape index (κ1) is 11.8. The largest absolute Gasteiger partial charge is 0.526 e. The standard InChI is InChI=1S/C6H15NO5/c1-5(2)10-7(8,9)12-11-6(3)4/h5-6,8H,1-4H3. The van der Waals surface area contributed by atoms with Gasteiger partial charge in [-0.05, 0) is 27.7 Å². The quantitative estimate of drug-likeness (QED) is 0.393. The summed E-state index contributed by atoms with van der Waals surface area (Å²) in [6.07, 6.45) is -0.775. The van der Waals surface area contributed by atoms with E-state index in [0.29, 0.717) is 0 Å². The first-order valence-corrected chi connectivity index (χ1v) is 3.70. The Kier molecular flexibility index (Phi) is 4.61. The van der Waals surface area contributed by atoms with Gasteiger partial charge >= 0.3 is 0 Å². The third kappa shape index (κ3) is 6.47. The molecule has 0 aliphatic rings. The zero-order valence-corrected chi connectivity index (χ0v) is 7.68. The Balaban J connectivity index is 3.71. The Morgan fingerprint density at radius 3 is 2.00 bits per heavy atom. The smallest absolute Gasteiger partial charge is 0.120 e. The van der Waals surface area contributed by atoms with Crippen LogP contribution in [-0.2, 0) is 14.7 Å². The number of nitrogens with zero attached hydrogens (tertiary/aromatic N) is 1. The van der Waals surface area contributed by atoms with Crippen LogP contribution in [0.3, 0.4) is 0 Å². The van der Waals surface area contributed by atoms with Gasteiger partial charge < -0.3 is 5.21 Å². The third-order valence-corrected chi connectivity index (χ3v) is 0.674. The number of rotatable bonds is 5. The Morgan fingerprint density at radius 2 is 1.67 bits per heavy atom. The summed E-state index contributed by atoms with van der Waals surface area (Å²) in [6.45, 7) is 6.46. The van der Waals surface area contributed by atoms with Crippen molar-refractivity contribution in [3.63, 3.8) is 0 Å². The van der Waals surface area contributed by atoms with Crippen LogP contribution in [-0.4, -0.2) is 22.6 Å². The second kappa shape index (κ2) is 4.70. The molecule has 0 saturated heterocycles. The molecule has 74 valence electrons. The van der Waals surface area contributed by atoms with E-state index in [2.05, 4.69) is 14.7 Å². The summed E-state index contributed by atoms with van der Waals surface area (Å²) >= 11 is 0. The van der Waals surface area contributed by atoms with Crippen LogP contribution in [0.2, 0.25) is 0 Å². The molecule has 0 aliphatic heterocycles. The van der Waals surface area contributed by atoms with Crippen molar-refractivity contribution in [1.82, 2.24) is 0 Å². The first-order valence-electron chi connectivity index (χ1n) is 3.70. The van der Waals surface area contributed by atoms with Crippen molar-refractivity contribution >= 4 is 0 Å². The van der Waals surface area contributed by atoms with E-state index in [1.165, 1.54) is 0 Å². The van der Waals surface area contributed by atoms with Gasteiger partial charge in [0.2, 0.25) is 0 Å². The average Bonchev–Trinajstić information content (AvgIpc) is 1.81. The molecule has 1 N–H and O–H groups in total. The van der Waals surface area contributed by atoms with Crippen LogP contribution < -0.4 is 0 Å². The fourth-order valence-corrected chi connectivity index (χ4v) is 0.424. The molecule has 0 saturated carbocycles. The van der Waals surface area contributed by atoms with Crippen LogP contribution in [0.1, 0.15) is 27.7 Å². The van der Waals surface area contributed by atoms with E-state index >= 15 is 0 Å². The molecule has 0 rings (SSSR count). The molecule has 0 amide bonds. The van der Waals surface area contributed by atoms with Gasteiger partial charge in [0.15, 0.2) is 0 Å². The van der Waals surface area contributed by atoms with Crippen molar-refractivity contribution in [2.75, 3.05) is 0 Å². The minimum Gasteiger partial charge on any atom is -0.526 e. The monoisotopic (exact) mass is 181 g/mol. The highest BCUT2D eigenvalue weighted by molar-refractivity contribution is 4.26. The zero-order chi connectivity index (χ0) is 9.78. The fraction of sp³-hybridized carbons (Fsp3) is 1.00. The predicted molar refractivity (Wildman–Crippen MR) is 38.9 cm³/mol. The van der Waals surface area contributed by atoms with Gasteiger partial charge in [-0.25, -0.2) is 0 Å². The molecule has 0 spiro atoms. The lowest BCUT2D eigenvalue weighted by Gasteiger charge is -2.26. The van der Waals surface area contributed by atoms with Crippen LogP contribution in [0.4, 0.5) is 0 Å². The maximum atomic E-state index is 10.7. The maximum Gasteiger partial charge on any atom is 0.120 e. The molecule has 0 bridgehead atoms. The van der Waals surface area contributed by atoms with Gasteiger partial charge in [-0.2, -0.15) is 4.89 Å². The molecule has 0 fully saturated rings. The second-order valence-electron chi connectivity index (χ2n) is 2.84. The zero-order valence-electron chi connectivity index (χ0n) is 7.68. The predicted octanol–water partition coefficient (Wildman–Crippen LogP) is 1.30. The highest BCUT2D eigenvalue weighted by Crippen LogP contribution is 2.07. The summed E-state index contributed by atoms with van der Waals surface area (Å²) < 4.78 is 0. The molecule has 0 heterocycles. The van der Waals surface area contributed by atoms with Gasteiger partial charge in [0, 0.05) is 4.99 Å². The fourth-order valence-electron chi connectivity index (χ4n) is 0.424. The lowest BCUT2D eigenvalue weighted by atomic mass is 10.5. The molecule has 6 nitrogen and oxygen atoms in total. The Morgan fingerprint density at radius 1 is 1.17 bits per heavy atom. The van der Waals surface area contributed by atoms with E-state index in [-0.39, 0.29) is 6.10 Å². The Labute approximate surface area is 71.2 Å². The molecular formula is C6H15NO5. The van der Waals surface area contributed by atoms with E-state index < -0.39 is 11.2 Å². The molecule has 0 aromatic carbocycles. The second-order valence-corrected chi connectivity index (χ2v) is 2.84. The van der Waals surface area contributed by atoms with Gasteiger partial charge in [0.1, 0.15) is 11.2 Å². The topological polar surface area (TPSA) is 71.0 Å². The van der Waals surface area contributed by atoms with E-state index in [1.54, 1.807) is 27.7 Å². The van der Waals surface area contributed by atoms with Crippen LogP contribution in [0, 0.1) is 5.21 Å². The number of quaternary nitrogens is 1. The Bertz CT molecular complexity index is 125. The molecule has 1 unspecified atom stereocenters. The van der Waals surface area contributed by atoms with Crippen LogP contribution in [0.25, 0.3) is 0 Å². The lowest BCUT2D eigenvalue weighted by Crippen LogP contribution is -2.41. The van der Waals surface area contributed by atoms with Crippen LogP contribution in [0.5, 0.6) is 0 Å². The summed E-state index contributed by atoms with van der Waals surface area (Å²) in [5, 5.41) is 17.2.